The molecule has 0 aliphatic heterocycles. The van der Waals surface area contributed by atoms with Gasteiger partial charge >= 0.3 is 0 Å². The highest BCUT2D eigenvalue weighted by molar-refractivity contribution is 7.92. The lowest BCUT2D eigenvalue weighted by molar-refractivity contribution is 0.600. The number of rotatable bonds is 6. The molecule has 2 rings (SSSR count). The number of sulfonamides is 1. The average Bonchev–Trinajstić information content (AvgIpc) is 2.49. The molecule has 0 amide bonds. The molecule has 1 heterocycles. The Kier molecular flexibility index (Phi) is 4.91. The van der Waals surface area contributed by atoms with Crippen LogP contribution in [0.2, 0.25) is 0 Å². The largest absolute Gasteiger partial charge is 0.338 e. The topological polar surface area (TPSA) is 108 Å². The van der Waals surface area contributed by atoms with E-state index in [0.717, 1.165) is 0 Å². The summed E-state index contributed by atoms with van der Waals surface area (Å²) in [7, 11) is -3.30. The molecule has 0 saturated heterocycles. The number of aromatic nitrogens is 2. The van der Waals surface area contributed by atoms with Gasteiger partial charge in [-0.25, -0.2) is 18.4 Å². The van der Waals surface area contributed by atoms with E-state index in [0.29, 0.717) is 23.6 Å². The Hall–Kier alpha value is -2.66. The Bertz CT molecular complexity index is 782. The van der Waals surface area contributed by atoms with Crippen molar-refractivity contribution in [3.8, 4) is 6.07 Å². The second-order valence-electron chi connectivity index (χ2n) is 4.49. The number of nitriles is 1. The molecule has 22 heavy (non-hydrogen) atoms. The fourth-order valence-corrected chi connectivity index (χ4v) is 2.90. The van der Waals surface area contributed by atoms with E-state index in [2.05, 4.69) is 20.0 Å². The highest BCUT2D eigenvalue weighted by Crippen LogP contribution is 2.19. The molecule has 0 bridgehead atoms. The van der Waals surface area contributed by atoms with Crippen molar-refractivity contribution >= 4 is 27.2 Å². The molecule has 0 atom stereocenters. The molecule has 1 aromatic heterocycles. The maximum Gasteiger partial charge on any atom is 0.232 e. The van der Waals surface area contributed by atoms with Crippen LogP contribution in [0.5, 0.6) is 0 Å². The van der Waals surface area contributed by atoms with Crippen LogP contribution in [0.1, 0.15) is 19.0 Å². The lowest BCUT2D eigenvalue weighted by Gasteiger charge is -2.09. The van der Waals surface area contributed by atoms with E-state index in [9.17, 15) is 8.42 Å². The van der Waals surface area contributed by atoms with Crippen LogP contribution in [0.3, 0.4) is 0 Å². The van der Waals surface area contributed by atoms with Crippen molar-refractivity contribution in [2.24, 2.45) is 0 Å². The molecule has 0 aliphatic carbocycles. The number of anilines is 3. The monoisotopic (exact) mass is 317 g/mol. The molecule has 7 nitrogen and oxygen atoms in total. The van der Waals surface area contributed by atoms with Gasteiger partial charge in [0.05, 0.1) is 5.75 Å². The van der Waals surface area contributed by atoms with Gasteiger partial charge in [0.15, 0.2) is 11.5 Å². The molecule has 1 aromatic carbocycles. The zero-order valence-corrected chi connectivity index (χ0v) is 12.8. The van der Waals surface area contributed by atoms with E-state index in [4.69, 9.17) is 5.26 Å². The molecular weight excluding hydrogens is 302 g/mol. The van der Waals surface area contributed by atoms with Gasteiger partial charge in [-0.05, 0) is 30.7 Å². The molecule has 114 valence electrons. The van der Waals surface area contributed by atoms with Crippen molar-refractivity contribution in [3.05, 3.63) is 42.4 Å². The number of hydrogen-bond donors (Lipinski definition) is 2. The van der Waals surface area contributed by atoms with E-state index in [-0.39, 0.29) is 11.4 Å². The highest BCUT2D eigenvalue weighted by Gasteiger charge is 2.09. The molecule has 0 saturated carbocycles. The Morgan fingerprint density at radius 1 is 1.14 bits per heavy atom. The second kappa shape index (κ2) is 6.87. The molecule has 0 spiro atoms. The fourth-order valence-electron chi connectivity index (χ4n) is 1.77. The van der Waals surface area contributed by atoms with E-state index in [1.165, 1.54) is 12.4 Å². The van der Waals surface area contributed by atoms with Crippen LogP contribution in [0.15, 0.2) is 36.7 Å². The third-order valence-electron chi connectivity index (χ3n) is 2.70. The minimum absolute atomic E-state index is 0.0815. The van der Waals surface area contributed by atoms with Gasteiger partial charge in [-0.3, -0.25) is 4.72 Å². The lowest BCUT2D eigenvalue weighted by atomic mass is 10.3. The van der Waals surface area contributed by atoms with Gasteiger partial charge in [-0.1, -0.05) is 6.92 Å². The summed E-state index contributed by atoms with van der Waals surface area (Å²) in [6.07, 6.45) is 3.48. The Morgan fingerprint density at radius 2 is 1.77 bits per heavy atom. The summed E-state index contributed by atoms with van der Waals surface area (Å²) in [5.74, 6) is 0.433. The smallest absolute Gasteiger partial charge is 0.232 e. The molecular formula is C14H15N5O2S. The second-order valence-corrected chi connectivity index (χ2v) is 6.33. The van der Waals surface area contributed by atoms with E-state index in [1.807, 2.05) is 6.07 Å². The first kappa shape index (κ1) is 15.7. The Balaban J connectivity index is 2.11. The van der Waals surface area contributed by atoms with Gasteiger partial charge in [0, 0.05) is 23.8 Å². The van der Waals surface area contributed by atoms with Gasteiger partial charge in [-0.15, -0.1) is 0 Å². The van der Waals surface area contributed by atoms with Gasteiger partial charge in [0.2, 0.25) is 10.0 Å². The summed E-state index contributed by atoms with van der Waals surface area (Å²) in [5.41, 5.74) is 1.35. The summed E-state index contributed by atoms with van der Waals surface area (Å²) < 4.78 is 25.9. The van der Waals surface area contributed by atoms with Crippen LogP contribution in [0.25, 0.3) is 0 Å². The Labute approximate surface area is 129 Å². The lowest BCUT2D eigenvalue weighted by Crippen LogP contribution is -2.15. The summed E-state index contributed by atoms with van der Waals surface area (Å²) in [6.45, 7) is 1.81. The first-order valence-corrected chi connectivity index (χ1v) is 8.28. The van der Waals surface area contributed by atoms with Gasteiger partial charge < -0.3 is 5.32 Å². The van der Waals surface area contributed by atoms with E-state index >= 15 is 0 Å². The number of nitrogens with zero attached hydrogens (tertiary/aromatic N) is 3. The van der Waals surface area contributed by atoms with Gasteiger partial charge in [0.1, 0.15) is 6.07 Å². The molecule has 8 heteroatoms. The zero-order valence-electron chi connectivity index (χ0n) is 11.9. The van der Waals surface area contributed by atoms with Crippen molar-refractivity contribution in [3.63, 3.8) is 0 Å². The van der Waals surface area contributed by atoms with Crippen LogP contribution in [-0.4, -0.2) is 24.1 Å². The first-order valence-electron chi connectivity index (χ1n) is 6.63. The number of hydrogen-bond acceptors (Lipinski definition) is 6. The van der Waals surface area contributed by atoms with Gasteiger partial charge in [0.25, 0.3) is 0 Å². The third kappa shape index (κ3) is 4.17. The van der Waals surface area contributed by atoms with Gasteiger partial charge in [-0.2, -0.15) is 5.26 Å². The minimum Gasteiger partial charge on any atom is -0.338 e. The molecule has 0 aliphatic rings. The van der Waals surface area contributed by atoms with Crippen molar-refractivity contribution in [1.29, 1.82) is 5.26 Å². The number of benzene rings is 1. The fraction of sp³-hybridized carbons (Fsp3) is 0.214. The molecule has 0 radical (unpaired) electrons. The van der Waals surface area contributed by atoms with Crippen LogP contribution in [-0.2, 0) is 10.0 Å². The minimum atomic E-state index is -3.30. The summed E-state index contributed by atoms with van der Waals surface area (Å²) in [5, 5.41) is 11.9. The maximum atomic E-state index is 11.7. The van der Waals surface area contributed by atoms with Crippen molar-refractivity contribution in [2.45, 2.75) is 13.3 Å². The normalized spacial score (nSPS) is 10.7. The standard InChI is InChI=1S/C14H15N5O2S/c1-2-9-22(20,21)19-12-5-3-11(4-6-12)18-14-13(10-15)16-7-8-17-14/h3-8,19H,2,9H2,1H3,(H,17,18). The van der Waals surface area contributed by atoms with Crippen molar-refractivity contribution in [1.82, 2.24) is 9.97 Å². The quantitative estimate of drug-likeness (QED) is 0.846. The predicted molar refractivity (Wildman–Crippen MR) is 84.2 cm³/mol. The summed E-state index contributed by atoms with van der Waals surface area (Å²) >= 11 is 0. The molecule has 2 N–H and O–H groups in total. The van der Waals surface area contributed by atoms with Crippen LogP contribution in [0, 0.1) is 11.3 Å². The summed E-state index contributed by atoms with van der Waals surface area (Å²) in [6, 6.07) is 8.61. The number of nitrogens with one attached hydrogen (secondary N) is 2. The molecule has 2 aromatic rings. The van der Waals surface area contributed by atoms with Crippen LogP contribution in [0.4, 0.5) is 17.2 Å². The first-order chi connectivity index (χ1) is 10.5. The van der Waals surface area contributed by atoms with Crippen LogP contribution >= 0.6 is 0 Å². The molecule has 0 unspecified atom stereocenters. The average molecular weight is 317 g/mol. The Morgan fingerprint density at radius 3 is 2.41 bits per heavy atom. The van der Waals surface area contributed by atoms with Crippen molar-refractivity contribution < 1.29 is 8.42 Å². The van der Waals surface area contributed by atoms with Crippen molar-refractivity contribution in [2.75, 3.05) is 15.8 Å². The molecule has 0 fully saturated rings. The SMILES string of the molecule is CCCS(=O)(=O)Nc1ccc(Nc2nccnc2C#N)cc1. The summed E-state index contributed by atoms with van der Waals surface area (Å²) in [4.78, 5) is 7.95. The van der Waals surface area contributed by atoms with E-state index in [1.54, 1.807) is 31.2 Å². The zero-order chi connectivity index (χ0) is 16.0. The maximum absolute atomic E-state index is 11.7. The predicted octanol–water partition coefficient (Wildman–Crippen LogP) is 2.24. The van der Waals surface area contributed by atoms with E-state index < -0.39 is 10.0 Å². The van der Waals surface area contributed by atoms with Crippen LogP contribution < -0.4 is 10.0 Å². The third-order valence-corrected chi connectivity index (χ3v) is 4.19. The highest BCUT2D eigenvalue weighted by atomic mass is 32.2.